The van der Waals surface area contributed by atoms with Crippen molar-refractivity contribution in [3.05, 3.63) is 47.7 Å². The second-order valence-electron chi connectivity index (χ2n) is 5.10. The van der Waals surface area contributed by atoms with Crippen LogP contribution in [0.1, 0.15) is 25.3 Å². The van der Waals surface area contributed by atoms with Gasteiger partial charge in [0.25, 0.3) is 5.91 Å². The van der Waals surface area contributed by atoms with Crippen LogP contribution >= 0.6 is 0 Å². The largest absolute Gasteiger partial charge is 0.480 e. The molecule has 0 aromatic heterocycles. The number of hydrogen-bond donors (Lipinski definition) is 3. The van der Waals surface area contributed by atoms with Crippen LogP contribution in [0.15, 0.2) is 42.1 Å². The van der Waals surface area contributed by atoms with Crippen molar-refractivity contribution in [1.29, 1.82) is 5.26 Å². The number of nitriles is 1. The van der Waals surface area contributed by atoms with Crippen LogP contribution in [-0.4, -0.2) is 29.6 Å². The van der Waals surface area contributed by atoms with E-state index in [-0.39, 0.29) is 5.57 Å². The lowest BCUT2D eigenvalue weighted by molar-refractivity contribution is -0.140. The fourth-order valence-corrected chi connectivity index (χ4v) is 1.86. The number of aliphatic carboxylic acids is 1. The number of aryl methyl sites for hydroxylation is 1. The number of amides is 1. The van der Waals surface area contributed by atoms with Crippen molar-refractivity contribution >= 4 is 11.9 Å². The van der Waals surface area contributed by atoms with Gasteiger partial charge >= 0.3 is 5.97 Å². The Hall–Kier alpha value is -2.81. The Balaban J connectivity index is 2.30. The Morgan fingerprint density at radius 1 is 1.30 bits per heavy atom. The summed E-state index contributed by atoms with van der Waals surface area (Å²) in [6.45, 7) is 1.98. The maximum Gasteiger partial charge on any atom is 0.325 e. The van der Waals surface area contributed by atoms with Gasteiger partial charge in [-0.1, -0.05) is 30.3 Å². The number of nitrogens with one attached hydrogen (secondary N) is 2. The van der Waals surface area contributed by atoms with E-state index in [1.807, 2.05) is 18.2 Å². The van der Waals surface area contributed by atoms with Gasteiger partial charge in [0.05, 0.1) is 0 Å². The first kappa shape index (κ1) is 18.2. The van der Waals surface area contributed by atoms with E-state index in [1.165, 1.54) is 18.7 Å². The van der Waals surface area contributed by atoms with Gasteiger partial charge in [0.2, 0.25) is 0 Å². The highest BCUT2D eigenvalue weighted by Crippen LogP contribution is 2.03. The number of rotatable bonds is 9. The Bertz CT molecular complexity index is 591. The third kappa shape index (κ3) is 7.14. The topological polar surface area (TPSA) is 102 Å². The van der Waals surface area contributed by atoms with Crippen LogP contribution < -0.4 is 10.6 Å². The molecule has 0 bridgehead atoms. The standard InChI is InChI=1S/C17H21N3O3/c1-13(17(22)23)20-16(21)15(11-18)12-19-10-6-5-9-14-7-3-2-4-8-14/h2-4,7-8,12-13,19H,5-6,9-10H2,1H3,(H,20,21)(H,22,23)/b15-12-. The molecule has 6 nitrogen and oxygen atoms in total. The van der Waals surface area contributed by atoms with E-state index >= 15 is 0 Å². The van der Waals surface area contributed by atoms with E-state index in [4.69, 9.17) is 10.4 Å². The number of carboxylic acid groups (broad SMARTS) is 1. The number of hydrogen-bond acceptors (Lipinski definition) is 4. The molecule has 1 aromatic carbocycles. The van der Waals surface area contributed by atoms with Crippen LogP contribution in [-0.2, 0) is 16.0 Å². The number of carbonyl (C=O) groups excluding carboxylic acids is 1. The third-order valence-electron chi connectivity index (χ3n) is 3.21. The van der Waals surface area contributed by atoms with Crippen molar-refractivity contribution in [2.45, 2.75) is 32.2 Å². The van der Waals surface area contributed by atoms with E-state index in [9.17, 15) is 9.59 Å². The minimum absolute atomic E-state index is 0.138. The van der Waals surface area contributed by atoms with Gasteiger partial charge in [0.1, 0.15) is 17.7 Å². The summed E-state index contributed by atoms with van der Waals surface area (Å²) in [6, 6.07) is 10.9. The molecule has 0 heterocycles. The van der Waals surface area contributed by atoms with Gasteiger partial charge in [-0.25, -0.2) is 0 Å². The Morgan fingerprint density at radius 2 is 2.00 bits per heavy atom. The molecule has 0 aliphatic rings. The average molecular weight is 315 g/mol. The molecular weight excluding hydrogens is 294 g/mol. The van der Waals surface area contributed by atoms with Gasteiger partial charge < -0.3 is 15.7 Å². The quantitative estimate of drug-likeness (QED) is 0.365. The first-order valence-corrected chi connectivity index (χ1v) is 7.46. The van der Waals surface area contributed by atoms with Gasteiger partial charge in [0, 0.05) is 12.7 Å². The molecule has 0 saturated heterocycles. The van der Waals surface area contributed by atoms with Gasteiger partial charge in [0.15, 0.2) is 0 Å². The highest BCUT2D eigenvalue weighted by atomic mass is 16.4. The monoisotopic (exact) mass is 315 g/mol. The molecule has 0 aliphatic carbocycles. The maximum atomic E-state index is 11.7. The summed E-state index contributed by atoms with van der Waals surface area (Å²) in [5.74, 6) is -1.84. The molecule has 0 aliphatic heterocycles. The molecule has 6 heteroatoms. The lowest BCUT2D eigenvalue weighted by Gasteiger charge is -2.08. The summed E-state index contributed by atoms with van der Waals surface area (Å²) in [5.41, 5.74) is 1.14. The van der Waals surface area contributed by atoms with Crippen LogP contribution in [0, 0.1) is 11.3 Å². The predicted octanol–water partition coefficient (Wildman–Crippen LogP) is 1.60. The molecular formula is C17H21N3O3. The SMILES string of the molecule is CC(NC(=O)/C(C#N)=C\NCCCCc1ccccc1)C(=O)O. The number of carbonyl (C=O) groups is 2. The fourth-order valence-electron chi connectivity index (χ4n) is 1.86. The molecule has 0 spiro atoms. The number of carboxylic acids is 1. The summed E-state index contributed by atoms with van der Waals surface area (Å²) in [4.78, 5) is 22.4. The lowest BCUT2D eigenvalue weighted by Crippen LogP contribution is -2.39. The minimum Gasteiger partial charge on any atom is -0.480 e. The number of benzene rings is 1. The maximum absolute atomic E-state index is 11.7. The average Bonchev–Trinajstić information content (AvgIpc) is 2.54. The zero-order valence-electron chi connectivity index (χ0n) is 13.1. The van der Waals surface area contributed by atoms with Crippen molar-refractivity contribution in [3.8, 4) is 6.07 Å². The molecule has 0 radical (unpaired) electrons. The molecule has 1 aromatic rings. The second-order valence-corrected chi connectivity index (χ2v) is 5.10. The molecule has 1 amide bonds. The van der Waals surface area contributed by atoms with Crippen LogP contribution in [0.5, 0.6) is 0 Å². The summed E-state index contributed by atoms with van der Waals surface area (Å²) >= 11 is 0. The van der Waals surface area contributed by atoms with Crippen molar-refractivity contribution in [2.24, 2.45) is 0 Å². The first-order chi connectivity index (χ1) is 11.0. The Labute approximate surface area is 135 Å². The zero-order valence-corrected chi connectivity index (χ0v) is 13.1. The normalized spacial score (nSPS) is 12.1. The predicted molar refractivity (Wildman–Crippen MR) is 86.3 cm³/mol. The third-order valence-corrected chi connectivity index (χ3v) is 3.21. The van der Waals surface area contributed by atoms with Crippen LogP contribution in [0.2, 0.25) is 0 Å². The van der Waals surface area contributed by atoms with Crippen LogP contribution in [0.3, 0.4) is 0 Å². The van der Waals surface area contributed by atoms with Gasteiger partial charge in [-0.3, -0.25) is 9.59 Å². The van der Waals surface area contributed by atoms with Gasteiger partial charge in [-0.05, 0) is 31.7 Å². The van der Waals surface area contributed by atoms with Crippen molar-refractivity contribution in [2.75, 3.05) is 6.54 Å². The van der Waals surface area contributed by atoms with Crippen LogP contribution in [0.25, 0.3) is 0 Å². The Kier molecular flexibility index (Phi) is 7.94. The highest BCUT2D eigenvalue weighted by Gasteiger charge is 2.16. The fraction of sp³-hybridized carbons (Fsp3) is 0.353. The van der Waals surface area contributed by atoms with Gasteiger partial charge in [-0.15, -0.1) is 0 Å². The van der Waals surface area contributed by atoms with Crippen molar-refractivity contribution < 1.29 is 14.7 Å². The summed E-state index contributed by atoms with van der Waals surface area (Å²) in [7, 11) is 0. The van der Waals surface area contributed by atoms with Gasteiger partial charge in [-0.2, -0.15) is 5.26 Å². The molecule has 1 rings (SSSR count). The molecule has 23 heavy (non-hydrogen) atoms. The van der Waals surface area contributed by atoms with E-state index in [0.29, 0.717) is 6.54 Å². The smallest absolute Gasteiger partial charge is 0.325 e. The molecule has 0 saturated carbocycles. The van der Waals surface area contributed by atoms with E-state index in [0.717, 1.165) is 19.3 Å². The second kappa shape index (κ2) is 10.0. The Morgan fingerprint density at radius 3 is 2.61 bits per heavy atom. The lowest BCUT2D eigenvalue weighted by atomic mass is 10.1. The minimum atomic E-state index is -1.15. The van der Waals surface area contributed by atoms with Crippen molar-refractivity contribution in [1.82, 2.24) is 10.6 Å². The highest BCUT2D eigenvalue weighted by molar-refractivity contribution is 5.99. The summed E-state index contributed by atoms with van der Waals surface area (Å²) in [6.07, 6.45) is 4.20. The summed E-state index contributed by atoms with van der Waals surface area (Å²) < 4.78 is 0. The molecule has 3 N–H and O–H groups in total. The van der Waals surface area contributed by atoms with Crippen molar-refractivity contribution in [3.63, 3.8) is 0 Å². The molecule has 0 fully saturated rings. The summed E-state index contributed by atoms with van der Waals surface area (Å²) in [5, 5.41) is 22.8. The molecule has 122 valence electrons. The first-order valence-electron chi connectivity index (χ1n) is 7.46. The zero-order chi connectivity index (χ0) is 17.1. The van der Waals surface area contributed by atoms with Crippen LogP contribution in [0.4, 0.5) is 0 Å². The van der Waals surface area contributed by atoms with E-state index in [1.54, 1.807) is 6.07 Å². The number of nitrogens with zero attached hydrogens (tertiary/aromatic N) is 1. The molecule has 1 unspecified atom stereocenters. The van der Waals surface area contributed by atoms with E-state index < -0.39 is 17.9 Å². The number of unbranched alkanes of at least 4 members (excludes halogenated alkanes) is 1. The molecule has 1 atom stereocenters. The van der Waals surface area contributed by atoms with E-state index in [2.05, 4.69) is 22.8 Å².